The number of rotatable bonds is 21. The first-order chi connectivity index (χ1) is 28.7. The first-order valence-electron chi connectivity index (χ1n) is 21.0. The van der Waals surface area contributed by atoms with Gasteiger partial charge in [0.05, 0.1) is 63.3 Å². The fraction of sp³-hybridized carbons (Fsp3) is 0.865. The minimum Gasteiger partial charge on any atom is -0.395 e. The average molecular weight is 839 g/mol. The molecule has 0 spiro atoms. The highest BCUT2D eigenvalue weighted by Crippen LogP contribution is 2.34. The van der Waals surface area contributed by atoms with Gasteiger partial charge in [-0.05, 0) is 99.9 Å². The molecule has 10 unspecified atom stereocenters. The number of nitrogens with zero attached hydrogens (tertiary/aromatic N) is 5. The number of azo groups is 1. The highest BCUT2D eigenvalue weighted by molar-refractivity contribution is 6.46. The fourth-order valence-electron chi connectivity index (χ4n) is 9.33. The second-order valence-corrected chi connectivity index (χ2v) is 16.8. The van der Waals surface area contributed by atoms with Crippen molar-refractivity contribution in [3.05, 3.63) is 11.1 Å². The maximum atomic E-state index is 13.7. The Balaban J connectivity index is 1.13. The molecule has 0 aromatic heterocycles. The number of hydrogen-bond donors (Lipinski definition) is 12. The molecule has 2 heterocycles. The van der Waals surface area contributed by atoms with Gasteiger partial charge >= 0.3 is 0 Å². The molecule has 0 bridgehead atoms. The first-order valence-corrected chi connectivity index (χ1v) is 21.0. The number of aliphatic hydroxyl groups is 1. The second kappa shape index (κ2) is 24.6. The Labute approximate surface area is 345 Å². The van der Waals surface area contributed by atoms with Crippen LogP contribution in [0.1, 0.15) is 71.6 Å². The van der Waals surface area contributed by atoms with E-state index in [1.54, 1.807) is 11.8 Å². The largest absolute Gasteiger partial charge is 0.395 e. The molecule has 1 saturated heterocycles. The van der Waals surface area contributed by atoms with Gasteiger partial charge in [0, 0.05) is 31.7 Å². The van der Waals surface area contributed by atoms with E-state index in [2.05, 4.69) is 75.0 Å². The number of nitriles is 1. The number of nitrogens with one attached hydrogen (secondary N) is 7. The smallest absolute Gasteiger partial charge is 0.274 e. The molecule has 2 aliphatic heterocycles. The predicted molar refractivity (Wildman–Crippen MR) is 211 cm³/mol. The van der Waals surface area contributed by atoms with E-state index in [0.717, 1.165) is 38.5 Å². The molecule has 0 radical (unpaired) electrons. The minimum atomic E-state index is -0.386. The van der Waals surface area contributed by atoms with Gasteiger partial charge in [-0.15, -0.1) is 0 Å². The summed E-state index contributed by atoms with van der Waals surface area (Å²) in [4.78, 5) is 32.9. The van der Waals surface area contributed by atoms with E-state index >= 15 is 0 Å². The molecule has 3 saturated carbocycles. The van der Waals surface area contributed by atoms with E-state index in [9.17, 15) is 15.2 Å². The monoisotopic (exact) mass is 839 g/mol. The molecule has 5 aliphatic rings. The van der Waals surface area contributed by atoms with Crippen LogP contribution in [-0.4, -0.2) is 145 Å². The molecular weight excluding hydrogens is 772 g/mol. The van der Waals surface area contributed by atoms with Crippen molar-refractivity contribution >= 4 is 11.6 Å². The van der Waals surface area contributed by atoms with E-state index in [-0.39, 0.29) is 124 Å². The van der Waals surface area contributed by atoms with Crippen LogP contribution < -0.4 is 37.3 Å². The Kier molecular flexibility index (Phi) is 19.7. The third-order valence-corrected chi connectivity index (χ3v) is 12.3. The summed E-state index contributed by atoms with van der Waals surface area (Å²) >= 11 is 0. The standard InChI is InChI=1S/C37H66N12O10/c1-22-9-29(3-4-32(22)47-45-30-12-24(18-56-52)10-25(13-30)19-57-53)41-37-43-35(42-36(44-37)40-6-8-50)39-5-7-49-17-28(16-38)23(2)33(34(49)51)48-46-31-14-26(20-58-54)11-27(15-31)21-59-55/h22,24-27,29-32,35-37,39-44,46,50,52-55H,3-15,17-21H2,1-2H3/b47-45?,48-33-. The fourth-order valence-corrected chi connectivity index (χ4v) is 9.33. The molecule has 3 aliphatic carbocycles. The quantitative estimate of drug-likeness (QED) is 0.0427. The van der Waals surface area contributed by atoms with Gasteiger partial charge in [-0.3, -0.25) is 57.7 Å². The molecule has 59 heavy (non-hydrogen) atoms. The summed E-state index contributed by atoms with van der Waals surface area (Å²) in [6.07, 6.45) is 5.89. The number of amides is 1. The van der Waals surface area contributed by atoms with E-state index in [1.807, 2.05) is 0 Å². The Morgan fingerprint density at radius 1 is 0.780 bits per heavy atom. The van der Waals surface area contributed by atoms with Gasteiger partial charge in [-0.2, -0.15) is 20.6 Å². The lowest BCUT2D eigenvalue weighted by molar-refractivity contribution is -0.263. The van der Waals surface area contributed by atoms with Crippen molar-refractivity contribution in [3.63, 3.8) is 0 Å². The van der Waals surface area contributed by atoms with Crippen molar-refractivity contribution in [1.29, 1.82) is 5.26 Å². The lowest BCUT2D eigenvalue weighted by Crippen LogP contribution is -2.78. The maximum Gasteiger partial charge on any atom is 0.274 e. The van der Waals surface area contributed by atoms with Gasteiger partial charge in [-0.25, -0.2) is 19.6 Å². The van der Waals surface area contributed by atoms with Gasteiger partial charge in [0.1, 0.15) is 18.9 Å². The van der Waals surface area contributed by atoms with Gasteiger partial charge in [0.25, 0.3) is 5.91 Å². The molecule has 334 valence electrons. The van der Waals surface area contributed by atoms with E-state index in [0.29, 0.717) is 50.0 Å². The second-order valence-electron chi connectivity index (χ2n) is 16.8. The van der Waals surface area contributed by atoms with Crippen molar-refractivity contribution < 1.29 is 50.5 Å². The Morgan fingerprint density at radius 2 is 1.36 bits per heavy atom. The number of carbonyl (C=O) groups excluding carboxylic acids is 1. The lowest BCUT2D eigenvalue weighted by atomic mass is 9.79. The van der Waals surface area contributed by atoms with Gasteiger partial charge in [-0.1, -0.05) is 6.92 Å². The first kappa shape index (κ1) is 47.2. The van der Waals surface area contributed by atoms with Gasteiger partial charge in [0.2, 0.25) is 0 Å². The van der Waals surface area contributed by atoms with E-state index < -0.39 is 0 Å². The minimum absolute atomic E-state index is 0.00817. The Morgan fingerprint density at radius 3 is 1.92 bits per heavy atom. The van der Waals surface area contributed by atoms with Gasteiger partial charge < -0.3 is 15.4 Å². The maximum absolute atomic E-state index is 13.7. The summed E-state index contributed by atoms with van der Waals surface area (Å²) in [5, 5.41) is 90.2. The zero-order valence-electron chi connectivity index (χ0n) is 34.2. The molecule has 4 fully saturated rings. The summed E-state index contributed by atoms with van der Waals surface area (Å²) in [5.41, 5.74) is 4.25. The zero-order chi connectivity index (χ0) is 42.1. The highest BCUT2D eigenvalue weighted by Gasteiger charge is 2.36. The van der Waals surface area contributed by atoms with Crippen molar-refractivity contribution in [2.24, 2.45) is 44.9 Å². The van der Waals surface area contributed by atoms with Gasteiger partial charge in [0.15, 0.2) is 5.71 Å². The van der Waals surface area contributed by atoms with Crippen LogP contribution in [0.2, 0.25) is 0 Å². The Bertz CT molecular complexity index is 1410. The van der Waals surface area contributed by atoms with Crippen molar-refractivity contribution in [2.75, 3.05) is 59.2 Å². The molecule has 0 aromatic rings. The number of carbonyl (C=O) groups is 1. The number of hydrazone groups is 1. The van der Waals surface area contributed by atoms with Crippen LogP contribution >= 0.6 is 0 Å². The summed E-state index contributed by atoms with van der Waals surface area (Å²) in [6, 6.07) is 2.33. The molecular formula is C37H66N12O10. The van der Waals surface area contributed by atoms with Crippen molar-refractivity contribution in [3.8, 4) is 6.07 Å². The SMILES string of the molecule is CC1=C(C#N)CN(CCNC2NC(NCCO)NC(NC3CCC(N=NC4CC(COO)CC(COO)C4)C(C)C3)N2)C(=O)/C1=N\NC1CC(COO)CC(COO)C1. The zero-order valence-corrected chi connectivity index (χ0v) is 34.2. The normalized spacial score (nSPS) is 35.4. The van der Waals surface area contributed by atoms with Crippen LogP contribution in [0.3, 0.4) is 0 Å². The topological polar surface area (TPSA) is 303 Å². The van der Waals surface area contributed by atoms with Crippen molar-refractivity contribution in [1.82, 2.24) is 42.2 Å². The summed E-state index contributed by atoms with van der Waals surface area (Å²) < 4.78 is 0. The number of aliphatic hydroxyl groups excluding tert-OH is 1. The molecule has 0 aromatic carbocycles. The summed E-state index contributed by atoms with van der Waals surface area (Å²) in [6.45, 7) is 5.80. The average Bonchev–Trinajstić information content (AvgIpc) is 3.21. The van der Waals surface area contributed by atoms with Crippen LogP contribution in [0.5, 0.6) is 0 Å². The third kappa shape index (κ3) is 14.4. The highest BCUT2D eigenvalue weighted by atomic mass is 17.1. The van der Waals surface area contributed by atoms with Crippen LogP contribution in [-0.2, 0) is 24.3 Å². The number of hydrogen-bond acceptors (Lipinski definition) is 21. The Hall–Kier alpha value is -2.83. The van der Waals surface area contributed by atoms with Crippen LogP contribution in [0.4, 0.5) is 0 Å². The molecule has 12 N–H and O–H groups in total. The molecule has 1 amide bonds. The molecule has 10 atom stereocenters. The molecule has 5 rings (SSSR count). The van der Waals surface area contributed by atoms with Crippen molar-refractivity contribution in [2.45, 2.75) is 115 Å². The van der Waals surface area contributed by atoms with E-state index in [1.165, 1.54) is 0 Å². The lowest BCUT2D eigenvalue weighted by Gasteiger charge is -2.42. The molecule has 22 nitrogen and oxygen atoms in total. The van der Waals surface area contributed by atoms with Crippen LogP contribution in [0.25, 0.3) is 0 Å². The van der Waals surface area contributed by atoms with Crippen LogP contribution in [0, 0.1) is 40.9 Å². The predicted octanol–water partition coefficient (Wildman–Crippen LogP) is 0.546. The third-order valence-electron chi connectivity index (χ3n) is 12.3. The summed E-state index contributed by atoms with van der Waals surface area (Å²) in [7, 11) is 0. The molecule has 22 heteroatoms. The van der Waals surface area contributed by atoms with Crippen LogP contribution in [0.15, 0.2) is 26.5 Å². The summed E-state index contributed by atoms with van der Waals surface area (Å²) in [5.74, 6) is 0.237. The van der Waals surface area contributed by atoms with E-state index in [4.69, 9.17) is 31.3 Å².